The lowest BCUT2D eigenvalue weighted by Gasteiger charge is -2.05. The van der Waals surface area contributed by atoms with E-state index in [-0.39, 0.29) is 28.0 Å². The van der Waals surface area contributed by atoms with Gasteiger partial charge in [-0.1, -0.05) is 40.2 Å². The van der Waals surface area contributed by atoms with E-state index >= 15 is 0 Å². The van der Waals surface area contributed by atoms with Crippen molar-refractivity contribution in [2.24, 2.45) is 0 Å². The molecule has 150 valence electrons. The average Bonchev–Trinajstić information content (AvgIpc) is 3.29. The number of nitrogens with zero attached hydrogens (tertiary/aromatic N) is 3. The number of hydrogen-bond acceptors (Lipinski definition) is 7. The fraction of sp³-hybridized carbons (Fsp3) is 0.167. The van der Waals surface area contributed by atoms with E-state index in [4.69, 9.17) is 16.1 Å². The normalized spacial score (nSPS) is 11.9. The second-order valence-corrected chi connectivity index (χ2v) is 9.23. The molecule has 0 fully saturated rings. The van der Waals surface area contributed by atoms with Gasteiger partial charge in [-0.25, -0.2) is 13.1 Å². The van der Waals surface area contributed by atoms with Gasteiger partial charge in [0.1, 0.15) is 0 Å². The first-order valence-electron chi connectivity index (χ1n) is 8.59. The van der Waals surface area contributed by atoms with Gasteiger partial charge in [0.05, 0.1) is 26.7 Å². The zero-order valence-corrected chi connectivity index (χ0v) is 17.5. The second kappa shape index (κ2) is 7.71. The predicted octanol–water partition coefficient (Wildman–Crippen LogP) is 3.26. The Bertz CT molecular complexity index is 1360. The van der Waals surface area contributed by atoms with Gasteiger partial charge < -0.3 is 4.52 Å². The van der Waals surface area contributed by atoms with Crippen LogP contribution < -0.4 is 9.60 Å². The quantitative estimate of drug-likeness (QED) is 0.483. The molecule has 0 atom stereocenters. The third-order valence-electron chi connectivity index (χ3n) is 4.26. The summed E-state index contributed by atoms with van der Waals surface area (Å²) in [5.74, 6) is 0.378. The lowest BCUT2D eigenvalue weighted by atomic mass is 10.2. The number of rotatable bonds is 6. The van der Waals surface area contributed by atoms with Crippen molar-refractivity contribution in [2.45, 2.75) is 24.9 Å². The molecule has 0 aliphatic carbocycles. The van der Waals surface area contributed by atoms with Crippen LogP contribution in [0.1, 0.15) is 12.8 Å². The predicted molar refractivity (Wildman–Crippen MR) is 111 cm³/mol. The minimum absolute atomic E-state index is 0.0559. The standard InChI is InChI=1S/C18H15ClN4O4S2/c1-2-23-14-8-7-11(9-15(14)28-18(23)24)29(25,26)20-10-16-21-17(22-27-16)12-5-3-4-6-13(12)19/h3-9,20H,2,10H2,1H3. The van der Waals surface area contributed by atoms with Crippen LogP contribution in [-0.2, 0) is 23.1 Å². The fourth-order valence-electron chi connectivity index (χ4n) is 2.83. The molecule has 2 heterocycles. The Morgan fingerprint density at radius 1 is 1.24 bits per heavy atom. The van der Waals surface area contributed by atoms with E-state index in [1.807, 2.05) is 6.92 Å². The van der Waals surface area contributed by atoms with Crippen LogP contribution >= 0.6 is 22.9 Å². The fourth-order valence-corrected chi connectivity index (χ4v) is 5.12. The summed E-state index contributed by atoms with van der Waals surface area (Å²) in [6.07, 6.45) is 0. The molecule has 2 aromatic carbocycles. The number of aromatic nitrogens is 3. The number of halogens is 1. The second-order valence-electron chi connectivity index (χ2n) is 6.06. The molecule has 8 nitrogen and oxygen atoms in total. The molecule has 29 heavy (non-hydrogen) atoms. The van der Waals surface area contributed by atoms with Crippen LogP contribution in [0.25, 0.3) is 21.6 Å². The van der Waals surface area contributed by atoms with Gasteiger partial charge in [0, 0.05) is 12.1 Å². The van der Waals surface area contributed by atoms with E-state index in [9.17, 15) is 13.2 Å². The maximum atomic E-state index is 12.6. The Balaban J connectivity index is 1.55. The minimum atomic E-state index is -3.83. The summed E-state index contributed by atoms with van der Waals surface area (Å²) in [6, 6.07) is 11.6. The molecule has 1 N–H and O–H groups in total. The summed E-state index contributed by atoms with van der Waals surface area (Å²) in [6.45, 7) is 2.21. The van der Waals surface area contributed by atoms with Crippen LogP contribution in [0.4, 0.5) is 0 Å². The van der Waals surface area contributed by atoms with Crippen LogP contribution in [-0.4, -0.2) is 23.1 Å². The van der Waals surface area contributed by atoms with Crippen molar-refractivity contribution in [2.75, 3.05) is 0 Å². The SMILES string of the molecule is CCn1c(=O)sc2cc(S(=O)(=O)NCc3nc(-c4ccccc4Cl)no3)ccc21. The van der Waals surface area contributed by atoms with Gasteiger partial charge in [-0.15, -0.1) is 0 Å². The van der Waals surface area contributed by atoms with Crippen LogP contribution in [0.15, 0.2) is 56.7 Å². The minimum Gasteiger partial charge on any atom is -0.338 e. The Kier molecular flexibility index (Phi) is 5.26. The van der Waals surface area contributed by atoms with Crippen molar-refractivity contribution < 1.29 is 12.9 Å². The maximum Gasteiger partial charge on any atom is 0.308 e. The molecular weight excluding hydrogens is 436 g/mol. The van der Waals surface area contributed by atoms with Crippen LogP contribution in [0.5, 0.6) is 0 Å². The Labute approximate surface area is 174 Å². The molecule has 0 saturated carbocycles. The van der Waals surface area contributed by atoms with E-state index < -0.39 is 10.0 Å². The Hall–Kier alpha value is -2.53. The lowest BCUT2D eigenvalue weighted by molar-refractivity contribution is 0.376. The van der Waals surface area contributed by atoms with E-state index in [1.165, 1.54) is 12.1 Å². The molecule has 2 aromatic heterocycles. The Morgan fingerprint density at radius 2 is 2.03 bits per heavy atom. The monoisotopic (exact) mass is 450 g/mol. The van der Waals surface area contributed by atoms with Gasteiger partial charge in [-0.2, -0.15) is 4.98 Å². The molecule has 0 aliphatic heterocycles. The third kappa shape index (κ3) is 3.84. The largest absolute Gasteiger partial charge is 0.338 e. The number of thiazole rings is 1. The number of sulfonamides is 1. The van der Waals surface area contributed by atoms with E-state index in [0.29, 0.717) is 27.3 Å². The molecule has 0 saturated heterocycles. The summed E-state index contributed by atoms with van der Waals surface area (Å²) in [5.41, 5.74) is 1.30. The van der Waals surface area contributed by atoms with Crippen molar-refractivity contribution in [3.63, 3.8) is 0 Å². The highest BCUT2D eigenvalue weighted by molar-refractivity contribution is 7.89. The van der Waals surface area contributed by atoms with Crippen molar-refractivity contribution >= 4 is 43.2 Å². The van der Waals surface area contributed by atoms with Crippen molar-refractivity contribution in [1.82, 2.24) is 19.4 Å². The molecule has 4 aromatic rings. The Morgan fingerprint density at radius 3 is 2.79 bits per heavy atom. The summed E-state index contributed by atoms with van der Waals surface area (Å²) in [7, 11) is -3.83. The highest BCUT2D eigenvalue weighted by Gasteiger charge is 2.19. The molecular formula is C18H15ClN4O4S2. The molecule has 0 amide bonds. The van der Waals surface area contributed by atoms with Gasteiger partial charge in [0.2, 0.25) is 21.7 Å². The first-order valence-corrected chi connectivity index (χ1v) is 11.3. The lowest BCUT2D eigenvalue weighted by Crippen LogP contribution is -2.23. The smallest absolute Gasteiger partial charge is 0.308 e. The molecule has 11 heteroatoms. The molecule has 0 radical (unpaired) electrons. The average molecular weight is 451 g/mol. The van der Waals surface area contributed by atoms with Gasteiger partial charge in [-0.05, 0) is 37.3 Å². The number of nitrogens with one attached hydrogen (secondary N) is 1. The highest BCUT2D eigenvalue weighted by atomic mass is 35.5. The third-order valence-corrected chi connectivity index (χ3v) is 6.93. The topological polar surface area (TPSA) is 107 Å². The van der Waals surface area contributed by atoms with Crippen LogP contribution in [0, 0.1) is 0 Å². The summed E-state index contributed by atoms with van der Waals surface area (Å²) in [5, 5.41) is 4.31. The van der Waals surface area contributed by atoms with E-state index in [0.717, 1.165) is 11.3 Å². The molecule has 0 bridgehead atoms. The first kappa shape index (κ1) is 19.8. The summed E-state index contributed by atoms with van der Waals surface area (Å²) >= 11 is 7.12. The van der Waals surface area contributed by atoms with Gasteiger partial charge in [-0.3, -0.25) is 9.36 Å². The molecule has 0 aliphatic rings. The van der Waals surface area contributed by atoms with Gasteiger partial charge >= 0.3 is 4.87 Å². The molecule has 0 spiro atoms. The molecule has 0 unspecified atom stereocenters. The van der Waals surface area contributed by atoms with Gasteiger partial charge in [0.15, 0.2) is 0 Å². The maximum absolute atomic E-state index is 12.6. The first-order chi connectivity index (χ1) is 13.9. The zero-order chi connectivity index (χ0) is 20.6. The van der Waals surface area contributed by atoms with Crippen molar-refractivity contribution in [3.8, 4) is 11.4 Å². The van der Waals surface area contributed by atoms with E-state index in [1.54, 1.807) is 34.9 Å². The number of fused-ring (bicyclic) bond motifs is 1. The number of hydrogen-bond donors (Lipinski definition) is 1. The van der Waals surface area contributed by atoms with Gasteiger partial charge in [0.25, 0.3) is 0 Å². The summed E-state index contributed by atoms with van der Waals surface area (Å²) in [4.78, 5) is 16.1. The van der Waals surface area contributed by atoms with Crippen LogP contribution in [0.3, 0.4) is 0 Å². The zero-order valence-electron chi connectivity index (χ0n) is 15.1. The summed E-state index contributed by atoms with van der Waals surface area (Å²) < 4.78 is 35.0. The van der Waals surface area contributed by atoms with Crippen LogP contribution in [0.2, 0.25) is 5.02 Å². The van der Waals surface area contributed by atoms with Crippen molar-refractivity contribution in [3.05, 3.63) is 63.0 Å². The highest BCUT2D eigenvalue weighted by Crippen LogP contribution is 2.25. The number of benzene rings is 2. The van der Waals surface area contributed by atoms with Crippen molar-refractivity contribution in [1.29, 1.82) is 0 Å². The number of aryl methyl sites for hydroxylation is 1. The molecule has 4 rings (SSSR count). The van der Waals surface area contributed by atoms with E-state index in [2.05, 4.69) is 14.9 Å².